The second-order valence-electron chi connectivity index (χ2n) is 5.05. The number of aryl methyl sites for hydroxylation is 1. The Morgan fingerprint density at radius 1 is 1.42 bits per heavy atom. The number of pyridine rings is 1. The van der Waals surface area contributed by atoms with Gasteiger partial charge in [0, 0.05) is 17.3 Å². The first kappa shape index (κ1) is 17.9. The zero-order valence-electron chi connectivity index (χ0n) is 14.2. The molecule has 1 aromatic heterocycles. The highest BCUT2D eigenvalue weighted by atomic mass is 16.6. The zero-order valence-corrected chi connectivity index (χ0v) is 14.2. The van der Waals surface area contributed by atoms with Gasteiger partial charge >= 0.3 is 5.97 Å². The minimum Gasteiger partial charge on any atom is -0.475 e. The van der Waals surface area contributed by atoms with Gasteiger partial charge < -0.3 is 19.0 Å². The van der Waals surface area contributed by atoms with Crippen LogP contribution < -0.4 is 4.74 Å². The van der Waals surface area contributed by atoms with E-state index in [4.69, 9.17) is 19.0 Å². The molecule has 2 rings (SSSR count). The molecule has 1 aliphatic rings. The zero-order chi connectivity index (χ0) is 17.4. The number of hydrogen-bond donors (Lipinski definition) is 0. The standard InChI is InChI=1S/C17H22N2O5/c1-4-12-7-5-9-15(18-12)24-11-14-13(8-6-10-23-14)16(19-22-3)17(20)21-2/h5,7-9,14H,4,6,10-11H2,1-3H3/b19-16-. The van der Waals surface area contributed by atoms with Gasteiger partial charge in [-0.1, -0.05) is 24.2 Å². The van der Waals surface area contributed by atoms with E-state index in [9.17, 15) is 4.79 Å². The van der Waals surface area contributed by atoms with Gasteiger partial charge in [-0.3, -0.25) is 0 Å². The molecule has 0 saturated heterocycles. The molecule has 1 aromatic rings. The fourth-order valence-corrected chi connectivity index (χ4v) is 2.32. The van der Waals surface area contributed by atoms with E-state index in [1.54, 1.807) is 6.07 Å². The van der Waals surface area contributed by atoms with Gasteiger partial charge in [-0.25, -0.2) is 9.78 Å². The van der Waals surface area contributed by atoms with Crippen LogP contribution in [0, 0.1) is 0 Å². The summed E-state index contributed by atoms with van der Waals surface area (Å²) in [5, 5.41) is 3.77. The van der Waals surface area contributed by atoms with E-state index in [0.29, 0.717) is 24.5 Å². The van der Waals surface area contributed by atoms with Crippen molar-refractivity contribution in [3.63, 3.8) is 0 Å². The number of methoxy groups -OCH3 is 1. The van der Waals surface area contributed by atoms with E-state index in [2.05, 4.69) is 10.1 Å². The Labute approximate surface area is 141 Å². The summed E-state index contributed by atoms with van der Waals surface area (Å²) in [6.07, 6.45) is 2.95. The van der Waals surface area contributed by atoms with E-state index in [0.717, 1.165) is 12.1 Å². The molecule has 0 spiro atoms. The van der Waals surface area contributed by atoms with Crippen LogP contribution in [0.1, 0.15) is 19.0 Å². The van der Waals surface area contributed by atoms with E-state index in [1.165, 1.54) is 14.2 Å². The first-order valence-corrected chi connectivity index (χ1v) is 7.79. The normalized spacial score (nSPS) is 17.9. The molecule has 0 amide bonds. The smallest absolute Gasteiger partial charge is 0.360 e. The Kier molecular flexibility index (Phi) is 6.74. The first-order chi connectivity index (χ1) is 11.7. The summed E-state index contributed by atoms with van der Waals surface area (Å²) in [4.78, 5) is 21.1. The largest absolute Gasteiger partial charge is 0.475 e. The molecular weight excluding hydrogens is 312 g/mol. The van der Waals surface area contributed by atoms with Crippen molar-refractivity contribution < 1.29 is 23.8 Å². The molecule has 0 bridgehead atoms. The summed E-state index contributed by atoms with van der Waals surface area (Å²) in [6, 6.07) is 5.62. The first-order valence-electron chi connectivity index (χ1n) is 7.79. The summed E-state index contributed by atoms with van der Waals surface area (Å²) in [5.74, 6) is -0.0594. The molecule has 1 atom stereocenters. The number of esters is 1. The lowest BCUT2D eigenvalue weighted by molar-refractivity contribution is -0.132. The molecule has 0 aromatic carbocycles. The highest BCUT2D eigenvalue weighted by Crippen LogP contribution is 2.19. The van der Waals surface area contributed by atoms with E-state index in [1.807, 2.05) is 25.1 Å². The second kappa shape index (κ2) is 9.02. The number of oxime groups is 1. The number of carbonyl (C=O) groups is 1. The van der Waals surface area contributed by atoms with Gasteiger partial charge in [0.15, 0.2) is 5.71 Å². The molecule has 1 unspecified atom stereocenters. The lowest BCUT2D eigenvalue weighted by atomic mass is 10.0. The van der Waals surface area contributed by atoms with Crippen molar-refractivity contribution in [1.29, 1.82) is 0 Å². The predicted molar refractivity (Wildman–Crippen MR) is 88.0 cm³/mol. The highest BCUT2D eigenvalue weighted by molar-refractivity contribution is 6.43. The quantitative estimate of drug-likeness (QED) is 0.430. The van der Waals surface area contributed by atoms with Crippen molar-refractivity contribution in [3.8, 4) is 5.88 Å². The van der Waals surface area contributed by atoms with Crippen LogP contribution in [0.15, 0.2) is 35.0 Å². The van der Waals surface area contributed by atoms with Gasteiger partial charge in [-0.15, -0.1) is 0 Å². The van der Waals surface area contributed by atoms with E-state index >= 15 is 0 Å². The number of hydrogen-bond acceptors (Lipinski definition) is 7. The molecule has 130 valence electrons. The SMILES string of the molecule is CCc1cccc(OCC2OCCC=C2/C(=N/OC)C(=O)OC)n1. The highest BCUT2D eigenvalue weighted by Gasteiger charge is 2.29. The Hall–Kier alpha value is -2.41. The maximum Gasteiger partial charge on any atom is 0.360 e. The van der Waals surface area contributed by atoms with E-state index in [-0.39, 0.29) is 12.3 Å². The summed E-state index contributed by atoms with van der Waals surface area (Å²) < 4.78 is 16.2. The van der Waals surface area contributed by atoms with Gasteiger partial charge in [0.2, 0.25) is 5.88 Å². The Morgan fingerprint density at radius 3 is 2.96 bits per heavy atom. The van der Waals surface area contributed by atoms with Crippen LogP contribution in [0.5, 0.6) is 5.88 Å². The minimum absolute atomic E-state index is 0.0866. The summed E-state index contributed by atoms with van der Waals surface area (Å²) in [7, 11) is 2.67. The van der Waals surface area contributed by atoms with Crippen molar-refractivity contribution in [1.82, 2.24) is 4.98 Å². The number of ether oxygens (including phenoxy) is 3. The molecular formula is C17H22N2O5. The fourth-order valence-electron chi connectivity index (χ4n) is 2.32. The predicted octanol–water partition coefficient (Wildman–Crippen LogP) is 1.91. The number of aromatic nitrogens is 1. The Balaban J connectivity index is 2.12. The van der Waals surface area contributed by atoms with Gasteiger partial charge in [0.1, 0.15) is 19.8 Å². The molecule has 0 saturated carbocycles. The van der Waals surface area contributed by atoms with Gasteiger partial charge in [-0.2, -0.15) is 0 Å². The molecule has 0 N–H and O–H groups in total. The van der Waals surface area contributed by atoms with Crippen molar-refractivity contribution >= 4 is 11.7 Å². The van der Waals surface area contributed by atoms with Gasteiger partial charge in [0.25, 0.3) is 0 Å². The van der Waals surface area contributed by atoms with Crippen LogP contribution in [0.25, 0.3) is 0 Å². The molecule has 7 nitrogen and oxygen atoms in total. The van der Waals surface area contributed by atoms with Crippen molar-refractivity contribution in [2.45, 2.75) is 25.9 Å². The molecule has 2 heterocycles. The van der Waals surface area contributed by atoms with Crippen LogP contribution in [0.4, 0.5) is 0 Å². The van der Waals surface area contributed by atoms with E-state index < -0.39 is 12.1 Å². The number of rotatable bonds is 7. The van der Waals surface area contributed by atoms with Crippen LogP contribution >= 0.6 is 0 Å². The summed E-state index contributed by atoms with van der Waals surface area (Å²) in [5.41, 5.74) is 1.63. The average molecular weight is 334 g/mol. The minimum atomic E-state index is -0.579. The molecule has 0 aliphatic carbocycles. The van der Waals surface area contributed by atoms with Crippen LogP contribution in [0.3, 0.4) is 0 Å². The molecule has 0 fully saturated rings. The average Bonchev–Trinajstić information content (AvgIpc) is 2.64. The monoisotopic (exact) mass is 334 g/mol. The molecule has 24 heavy (non-hydrogen) atoms. The third-order valence-electron chi connectivity index (χ3n) is 3.51. The molecule has 1 aliphatic heterocycles. The molecule has 0 radical (unpaired) electrons. The Morgan fingerprint density at radius 2 is 2.25 bits per heavy atom. The molecule has 7 heteroatoms. The second-order valence-corrected chi connectivity index (χ2v) is 5.05. The topological polar surface area (TPSA) is 79.2 Å². The van der Waals surface area contributed by atoms with Gasteiger partial charge in [0.05, 0.1) is 13.7 Å². The van der Waals surface area contributed by atoms with Crippen LogP contribution in [0.2, 0.25) is 0 Å². The van der Waals surface area contributed by atoms with Crippen molar-refractivity contribution in [2.24, 2.45) is 5.16 Å². The maximum absolute atomic E-state index is 11.9. The van der Waals surface area contributed by atoms with Crippen molar-refractivity contribution in [2.75, 3.05) is 27.4 Å². The lowest BCUT2D eigenvalue weighted by Gasteiger charge is -2.24. The Bertz CT molecular complexity index is 627. The summed E-state index contributed by atoms with van der Waals surface area (Å²) >= 11 is 0. The van der Waals surface area contributed by atoms with Gasteiger partial charge in [-0.05, 0) is 18.9 Å². The number of nitrogens with zero attached hydrogens (tertiary/aromatic N) is 2. The third kappa shape index (κ3) is 4.55. The maximum atomic E-state index is 11.9. The third-order valence-corrected chi connectivity index (χ3v) is 3.51. The number of carbonyl (C=O) groups excluding carboxylic acids is 1. The van der Waals surface area contributed by atoms with Crippen molar-refractivity contribution in [3.05, 3.63) is 35.5 Å². The summed E-state index contributed by atoms with van der Waals surface area (Å²) in [6.45, 7) is 2.79. The van der Waals surface area contributed by atoms with Crippen LogP contribution in [-0.4, -0.2) is 50.2 Å². The lowest BCUT2D eigenvalue weighted by Crippen LogP contribution is -2.34. The fraction of sp³-hybridized carbons (Fsp3) is 0.471. The van der Waals surface area contributed by atoms with Crippen LogP contribution in [-0.2, 0) is 25.5 Å².